The molecular weight excluding hydrogens is 805 g/mol. The predicted molar refractivity (Wildman–Crippen MR) is 266 cm³/mol. The highest BCUT2D eigenvalue weighted by Crippen LogP contribution is 2.52. The molecule has 0 aliphatic heterocycles. The highest BCUT2D eigenvalue weighted by Gasteiger charge is 2.38. The van der Waals surface area contributed by atoms with Crippen LogP contribution in [0.3, 0.4) is 0 Å². The van der Waals surface area contributed by atoms with Gasteiger partial charge < -0.3 is 4.57 Å². The number of benzene rings is 8. The van der Waals surface area contributed by atoms with Crippen LogP contribution >= 0.6 is 0 Å². The fourth-order valence-corrected chi connectivity index (χ4v) is 11.3. The Hall–Kier alpha value is -8.58. The summed E-state index contributed by atoms with van der Waals surface area (Å²) in [5.41, 5.74) is 19.0. The van der Waals surface area contributed by atoms with E-state index in [1.807, 2.05) is 24.3 Å². The number of para-hydroxylation sites is 3. The molecule has 0 N–H and O–H groups in total. The second-order valence-corrected chi connectivity index (χ2v) is 18.9. The SMILES string of the molecule is CC1(C)c2cc(C#N)ccc2-c2ccc(-c3cc(-c4ccc5c(c4)C(C)(C)c4cc(C#N)ccc4-5)nc(-n4c5ccccc5c5ccc6c7ccccc7n(-c7ccccc7)c6c54)n3)cc21. The molecule has 13 rings (SSSR count). The van der Waals surface area contributed by atoms with Gasteiger partial charge in [-0.1, -0.05) is 131 Å². The van der Waals surface area contributed by atoms with Crippen molar-refractivity contribution in [3.8, 4) is 68.5 Å². The first kappa shape index (κ1) is 37.9. The molecule has 11 aromatic rings. The fraction of sp³-hybridized carbons (Fsp3) is 0.100. The lowest BCUT2D eigenvalue weighted by Crippen LogP contribution is -2.15. The normalized spacial score (nSPS) is 14.0. The smallest absolute Gasteiger partial charge is 0.235 e. The summed E-state index contributed by atoms with van der Waals surface area (Å²) in [4.78, 5) is 11.2. The average molecular weight is 845 g/mol. The zero-order valence-corrected chi connectivity index (χ0v) is 36.8. The van der Waals surface area contributed by atoms with Gasteiger partial charge in [0, 0.05) is 49.2 Å². The van der Waals surface area contributed by atoms with Crippen molar-refractivity contribution in [1.29, 1.82) is 10.5 Å². The van der Waals surface area contributed by atoms with Crippen LogP contribution in [0.2, 0.25) is 0 Å². The summed E-state index contributed by atoms with van der Waals surface area (Å²) in [5.74, 6) is 0.578. The van der Waals surface area contributed by atoms with Gasteiger partial charge in [-0.05, 0) is 111 Å². The molecule has 2 aliphatic rings. The zero-order valence-electron chi connectivity index (χ0n) is 36.8. The van der Waals surface area contributed by atoms with Crippen LogP contribution in [0.1, 0.15) is 61.1 Å². The first-order chi connectivity index (χ1) is 32.1. The number of hydrogen-bond donors (Lipinski definition) is 0. The van der Waals surface area contributed by atoms with Crippen LogP contribution in [-0.4, -0.2) is 19.1 Å². The van der Waals surface area contributed by atoms with Gasteiger partial charge in [0.2, 0.25) is 5.95 Å². The van der Waals surface area contributed by atoms with Crippen LogP contribution in [0.15, 0.2) is 170 Å². The number of nitriles is 2. The number of aromatic nitrogens is 4. The summed E-state index contributed by atoms with van der Waals surface area (Å²) in [7, 11) is 0. The molecular formula is C60H40N6. The van der Waals surface area contributed by atoms with E-state index in [1.165, 1.54) is 27.6 Å². The standard InChI is InChI=1S/C60H40N6/c1-59(2)48-28-35(33-61)18-22-40(48)42-24-20-37(30-50(42)59)52-32-53(38-21-25-43-41-23-19-36(34-62)29-49(41)60(3,4)51(43)31-38)64-58(63-52)66-55-17-11-9-15-45(55)47-27-26-46-44-14-8-10-16-54(44)65(56(46)57(47)66)39-12-6-5-7-13-39/h5-32H,1-4H3. The summed E-state index contributed by atoms with van der Waals surface area (Å²) in [6.45, 7) is 8.99. The van der Waals surface area contributed by atoms with Gasteiger partial charge in [0.05, 0.1) is 56.7 Å². The van der Waals surface area contributed by atoms with E-state index in [1.54, 1.807) is 0 Å². The minimum absolute atomic E-state index is 0.332. The Kier molecular flexibility index (Phi) is 7.74. The first-order valence-corrected chi connectivity index (χ1v) is 22.4. The van der Waals surface area contributed by atoms with E-state index in [0.717, 1.165) is 88.7 Å². The van der Waals surface area contributed by atoms with Crippen molar-refractivity contribution in [3.63, 3.8) is 0 Å². The van der Waals surface area contributed by atoms with Gasteiger partial charge in [-0.2, -0.15) is 10.5 Å². The molecule has 0 atom stereocenters. The minimum Gasteiger partial charge on any atom is -0.307 e. The van der Waals surface area contributed by atoms with Crippen molar-refractivity contribution in [3.05, 3.63) is 203 Å². The zero-order chi connectivity index (χ0) is 44.6. The average Bonchev–Trinajstić information content (AvgIpc) is 4.02. The van der Waals surface area contributed by atoms with E-state index in [9.17, 15) is 10.5 Å². The topological polar surface area (TPSA) is 83.2 Å². The van der Waals surface area contributed by atoms with Gasteiger partial charge in [0.15, 0.2) is 0 Å². The number of hydrogen-bond acceptors (Lipinski definition) is 4. The Morgan fingerprint density at radius 2 is 0.833 bits per heavy atom. The molecule has 3 aromatic heterocycles. The summed E-state index contributed by atoms with van der Waals surface area (Å²) in [5, 5.41) is 24.3. The second kappa shape index (κ2) is 13.5. The van der Waals surface area contributed by atoms with Gasteiger partial charge in [0.25, 0.3) is 0 Å². The van der Waals surface area contributed by atoms with Crippen molar-refractivity contribution >= 4 is 43.6 Å². The fourth-order valence-electron chi connectivity index (χ4n) is 11.3. The lowest BCUT2D eigenvalue weighted by molar-refractivity contribution is 0.660. The van der Waals surface area contributed by atoms with Gasteiger partial charge in [-0.3, -0.25) is 4.57 Å². The number of nitrogens with zero attached hydrogens (tertiary/aromatic N) is 6. The molecule has 0 amide bonds. The van der Waals surface area contributed by atoms with E-state index in [2.05, 4.69) is 195 Å². The first-order valence-electron chi connectivity index (χ1n) is 22.4. The molecule has 8 aromatic carbocycles. The number of fused-ring (bicyclic) bond motifs is 13. The molecule has 0 unspecified atom stereocenters. The van der Waals surface area contributed by atoms with E-state index in [4.69, 9.17) is 9.97 Å². The van der Waals surface area contributed by atoms with Gasteiger partial charge in [-0.25, -0.2) is 9.97 Å². The molecule has 0 saturated carbocycles. The van der Waals surface area contributed by atoms with E-state index >= 15 is 0 Å². The molecule has 0 saturated heterocycles. The summed E-state index contributed by atoms with van der Waals surface area (Å²) >= 11 is 0. The largest absolute Gasteiger partial charge is 0.307 e. The molecule has 6 heteroatoms. The lowest BCUT2D eigenvalue weighted by Gasteiger charge is -2.22. The molecule has 66 heavy (non-hydrogen) atoms. The summed E-state index contributed by atoms with van der Waals surface area (Å²) in [6, 6.07) is 64.8. The number of rotatable bonds is 4. The lowest BCUT2D eigenvalue weighted by atomic mass is 9.81. The maximum Gasteiger partial charge on any atom is 0.235 e. The Morgan fingerprint density at radius 3 is 1.33 bits per heavy atom. The van der Waals surface area contributed by atoms with Crippen molar-refractivity contribution < 1.29 is 0 Å². The highest BCUT2D eigenvalue weighted by atomic mass is 15.2. The quantitative estimate of drug-likeness (QED) is 0.177. The van der Waals surface area contributed by atoms with E-state index in [0.29, 0.717) is 17.1 Å². The third kappa shape index (κ3) is 5.16. The highest BCUT2D eigenvalue weighted by molar-refractivity contribution is 6.23. The summed E-state index contributed by atoms with van der Waals surface area (Å²) < 4.78 is 4.68. The predicted octanol–water partition coefficient (Wildman–Crippen LogP) is 14.4. The van der Waals surface area contributed by atoms with Crippen molar-refractivity contribution in [1.82, 2.24) is 19.1 Å². The molecule has 0 spiro atoms. The van der Waals surface area contributed by atoms with Crippen LogP contribution in [0.5, 0.6) is 0 Å². The Balaban J connectivity index is 1.11. The van der Waals surface area contributed by atoms with Crippen LogP contribution in [-0.2, 0) is 10.8 Å². The molecule has 0 radical (unpaired) electrons. The van der Waals surface area contributed by atoms with Gasteiger partial charge in [-0.15, -0.1) is 0 Å². The van der Waals surface area contributed by atoms with Gasteiger partial charge in [0.1, 0.15) is 0 Å². The van der Waals surface area contributed by atoms with Crippen molar-refractivity contribution in [2.24, 2.45) is 0 Å². The van der Waals surface area contributed by atoms with E-state index in [-0.39, 0.29) is 10.8 Å². The minimum atomic E-state index is -0.332. The molecule has 6 nitrogen and oxygen atoms in total. The van der Waals surface area contributed by atoms with Crippen LogP contribution in [0, 0.1) is 22.7 Å². The maximum atomic E-state index is 9.84. The van der Waals surface area contributed by atoms with Gasteiger partial charge >= 0.3 is 0 Å². The van der Waals surface area contributed by atoms with Crippen LogP contribution in [0.4, 0.5) is 0 Å². The maximum absolute atomic E-state index is 9.84. The summed E-state index contributed by atoms with van der Waals surface area (Å²) in [6.07, 6.45) is 0. The molecule has 0 fully saturated rings. The monoisotopic (exact) mass is 844 g/mol. The molecule has 0 bridgehead atoms. The Bertz CT molecular complexity index is 3870. The van der Waals surface area contributed by atoms with E-state index < -0.39 is 0 Å². The Labute approximate surface area is 381 Å². The third-order valence-electron chi connectivity index (χ3n) is 14.6. The Morgan fingerprint density at radius 1 is 0.409 bits per heavy atom. The third-order valence-corrected chi connectivity index (χ3v) is 14.6. The van der Waals surface area contributed by atoms with Crippen LogP contribution < -0.4 is 0 Å². The molecule has 3 heterocycles. The molecule has 2 aliphatic carbocycles. The van der Waals surface area contributed by atoms with Crippen LogP contribution in [0.25, 0.3) is 100 Å². The van der Waals surface area contributed by atoms with Crippen molar-refractivity contribution in [2.45, 2.75) is 38.5 Å². The second-order valence-electron chi connectivity index (χ2n) is 18.9. The molecule has 310 valence electrons. The van der Waals surface area contributed by atoms with Crippen molar-refractivity contribution in [2.75, 3.05) is 0 Å².